The summed E-state index contributed by atoms with van der Waals surface area (Å²) >= 11 is 3.32. The standard InChI is InChI=1S/C17H16BrFN2O5/c1-3-6-26-16-12(18)7-10(8-15(16)25-2)17(22)20-14-9-11(21(23)24)4-5-13(14)19/h4-5,7-9H,3,6H2,1-2H3,(H,20,22). The molecule has 0 unspecified atom stereocenters. The Morgan fingerprint density at radius 2 is 2.08 bits per heavy atom. The van der Waals surface area contributed by atoms with Crippen LogP contribution in [0.4, 0.5) is 15.8 Å². The van der Waals surface area contributed by atoms with E-state index >= 15 is 0 Å². The fourth-order valence-electron chi connectivity index (χ4n) is 2.11. The van der Waals surface area contributed by atoms with Crippen molar-refractivity contribution in [3.05, 3.63) is 56.3 Å². The van der Waals surface area contributed by atoms with Crippen molar-refractivity contribution < 1.29 is 23.6 Å². The number of anilines is 1. The third kappa shape index (κ3) is 4.48. The molecule has 0 aliphatic rings. The lowest BCUT2D eigenvalue weighted by molar-refractivity contribution is -0.384. The summed E-state index contributed by atoms with van der Waals surface area (Å²) in [5.74, 6) is -0.645. The van der Waals surface area contributed by atoms with E-state index in [4.69, 9.17) is 9.47 Å². The molecule has 0 heterocycles. The number of nitro groups is 1. The summed E-state index contributed by atoms with van der Waals surface area (Å²) in [7, 11) is 1.43. The minimum Gasteiger partial charge on any atom is -0.493 e. The zero-order valence-electron chi connectivity index (χ0n) is 14.0. The number of hydrogen-bond donors (Lipinski definition) is 1. The second kappa shape index (κ2) is 8.61. The molecule has 7 nitrogen and oxygen atoms in total. The third-order valence-corrected chi connectivity index (χ3v) is 3.94. The number of ether oxygens (including phenoxy) is 2. The van der Waals surface area contributed by atoms with Crippen LogP contribution < -0.4 is 14.8 Å². The number of nitro benzene ring substituents is 1. The maximum atomic E-state index is 13.8. The van der Waals surface area contributed by atoms with Crippen LogP contribution in [0.15, 0.2) is 34.8 Å². The van der Waals surface area contributed by atoms with E-state index in [0.29, 0.717) is 22.6 Å². The van der Waals surface area contributed by atoms with Gasteiger partial charge in [-0.15, -0.1) is 0 Å². The van der Waals surface area contributed by atoms with Crippen molar-refractivity contribution in [2.45, 2.75) is 13.3 Å². The van der Waals surface area contributed by atoms with Crippen LogP contribution in [0, 0.1) is 15.9 Å². The molecule has 0 aromatic heterocycles. The summed E-state index contributed by atoms with van der Waals surface area (Å²) in [6, 6.07) is 5.84. The topological polar surface area (TPSA) is 90.7 Å². The molecular formula is C17H16BrFN2O5. The maximum absolute atomic E-state index is 13.8. The number of nitrogens with one attached hydrogen (secondary N) is 1. The summed E-state index contributed by atoms with van der Waals surface area (Å²) in [5.41, 5.74) is -0.446. The van der Waals surface area contributed by atoms with Crippen molar-refractivity contribution >= 4 is 33.2 Å². The number of rotatable bonds is 7. The summed E-state index contributed by atoms with van der Waals surface area (Å²) in [4.78, 5) is 22.6. The average molecular weight is 427 g/mol. The van der Waals surface area contributed by atoms with Crippen LogP contribution in [0.2, 0.25) is 0 Å². The van der Waals surface area contributed by atoms with Crippen LogP contribution in [-0.4, -0.2) is 24.5 Å². The highest BCUT2D eigenvalue weighted by Crippen LogP contribution is 2.37. The van der Waals surface area contributed by atoms with Gasteiger partial charge in [0, 0.05) is 17.7 Å². The first-order valence-electron chi connectivity index (χ1n) is 7.63. The first kappa shape index (κ1) is 19.6. The molecule has 0 aliphatic carbocycles. The van der Waals surface area contributed by atoms with Crippen LogP contribution >= 0.6 is 15.9 Å². The van der Waals surface area contributed by atoms with Crippen molar-refractivity contribution in [1.29, 1.82) is 0 Å². The number of nitrogens with zero attached hydrogens (tertiary/aromatic N) is 1. The van der Waals surface area contributed by atoms with Gasteiger partial charge < -0.3 is 14.8 Å². The van der Waals surface area contributed by atoms with Gasteiger partial charge in [0.05, 0.1) is 28.8 Å². The van der Waals surface area contributed by atoms with E-state index in [9.17, 15) is 19.3 Å². The van der Waals surface area contributed by atoms with Gasteiger partial charge in [-0.2, -0.15) is 0 Å². The minimum absolute atomic E-state index is 0.170. The Morgan fingerprint density at radius 1 is 1.35 bits per heavy atom. The molecule has 0 spiro atoms. The Kier molecular flexibility index (Phi) is 6.51. The van der Waals surface area contributed by atoms with Gasteiger partial charge in [0.15, 0.2) is 11.5 Å². The quantitative estimate of drug-likeness (QED) is 0.517. The molecule has 0 saturated carbocycles. The van der Waals surface area contributed by atoms with Crippen LogP contribution in [0.5, 0.6) is 11.5 Å². The predicted molar refractivity (Wildman–Crippen MR) is 97.5 cm³/mol. The number of amides is 1. The predicted octanol–water partition coefficient (Wildman–Crippen LogP) is 4.55. The lowest BCUT2D eigenvalue weighted by atomic mass is 10.1. The van der Waals surface area contributed by atoms with Gasteiger partial charge in [0.2, 0.25) is 0 Å². The molecule has 0 fully saturated rings. The molecule has 9 heteroatoms. The lowest BCUT2D eigenvalue weighted by Crippen LogP contribution is -2.14. The van der Waals surface area contributed by atoms with Gasteiger partial charge in [-0.25, -0.2) is 4.39 Å². The normalized spacial score (nSPS) is 10.3. The Balaban J connectivity index is 2.31. The highest BCUT2D eigenvalue weighted by molar-refractivity contribution is 9.10. The summed E-state index contributed by atoms with van der Waals surface area (Å²) in [6.45, 7) is 2.43. The van der Waals surface area contributed by atoms with Gasteiger partial charge in [-0.1, -0.05) is 6.92 Å². The zero-order chi connectivity index (χ0) is 19.3. The van der Waals surface area contributed by atoms with Crippen molar-refractivity contribution in [2.75, 3.05) is 19.0 Å². The van der Waals surface area contributed by atoms with Crippen molar-refractivity contribution in [3.8, 4) is 11.5 Å². The lowest BCUT2D eigenvalue weighted by Gasteiger charge is -2.14. The second-order valence-electron chi connectivity index (χ2n) is 5.21. The molecule has 0 radical (unpaired) electrons. The fourth-order valence-corrected chi connectivity index (χ4v) is 2.67. The molecule has 0 aliphatic heterocycles. The van der Waals surface area contributed by atoms with Gasteiger partial charge in [0.25, 0.3) is 11.6 Å². The molecule has 2 rings (SSSR count). The molecule has 2 aromatic rings. The third-order valence-electron chi connectivity index (χ3n) is 3.35. The number of hydrogen-bond acceptors (Lipinski definition) is 5. The molecule has 138 valence electrons. The highest BCUT2D eigenvalue weighted by Gasteiger charge is 2.18. The molecule has 1 N–H and O–H groups in total. The van der Waals surface area contributed by atoms with E-state index in [1.807, 2.05) is 6.92 Å². The van der Waals surface area contributed by atoms with Gasteiger partial charge in [-0.3, -0.25) is 14.9 Å². The van der Waals surface area contributed by atoms with Crippen molar-refractivity contribution in [2.24, 2.45) is 0 Å². The van der Waals surface area contributed by atoms with E-state index in [-0.39, 0.29) is 16.9 Å². The fraction of sp³-hybridized carbons (Fsp3) is 0.235. The first-order chi connectivity index (χ1) is 12.4. The van der Waals surface area contributed by atoms with E-state index in [0.717, 1.165) is 24.6 Å². The monoisotopic (exact) mass is 426 g/mol. The molecule has 26 heavy (non-hydrogen) atoms. The van der Waals surface area contributed by atoms with Crippen LogP contribution in [-0.2, 0) is 0 Å². The molecular weight excluding hydrogens is 411 g/mol. The van der Waals surface area contributed by atoms with E-state index in [1.54, 1.807) is 0 Å². The SMILES string of the molecule is CCCOc1c(Br)cc(C(=O)Nc2cc([N+](=O)[O-])ccc2F)cc1OC. The van der Waals surface area contributed by atoms with E-state index < -0.39 is 16.6 Å². The number of carbonyl (C=O) groups excluding carboxylic acids is 1. The molecule has 0 saturated heterocycles. The highest BCUT2D eigenvalue weighted by atomic mass is 79.9. The molecule has 0 bridgehead atoms. The Hall–Kier alpha value is -2.68. The summed E-state index contributed by atoms with van der Waals surface area (Å²) < 4.78 is 25.2. The largest absolute Gasteiger partial charge is 0.493 e. The van der Waals surface area contributed by atoms with Crippen LogP contribution in [0.25, 0.3) is 0 Å². The maximum Gasteiger partial charge on any atom is 0.271 e. The molecule has 1 amide bonds. The second-order valence-corrected chi connectivity index (χ2v) is 6.07. The molecule has 0 atom stereocenters. The van der Waals surface area contributed by atoms with E-state index in [1.165, 1.54) is 19.2 Å². The number of methoxy groups -OCH3 is 1. The smallest absolute Gasteiger partial charge is 0.271 e. The minimum atomic E-state index is -0.780. The Morgan fingerprint density at radius 3 is 2.69 bits per heavy atom. The number of carbonyl (C=O) groups is 1. The van der Waals surface area contributed by atoms with Crippen LogP contribution in [0.3, 0.4) is 0 Å². The Bertz CT molecular complexity index is 844. The average Bonchev–Trinajstić information content (AvgIpc) is 2.61. The first-order valence-corrected chi connectivity index (χ1v) is 8.42. The number of non-ortho nitro benzene ring substituents is 1. The molecule has 2 aromatic carbocycles. The number of halogens is 2. The van der Waals surface area contributed by atoms with Crippen LogP contribution in [0.1, 0.15) is 23.7 Å². The number of benzene rings is 2. The van der Waals surface area contributed by atoms with Crippen molar-refractivity contribution in [3.63, 3.8) is 0 Å². The van der Waals surface area contributed by atoms with Gasteiger partial charge in [0.1, 0.15) is 5.82 Å². The van der Waals surface area contributed by atoms with Gasteiger partial charge in [-0.05, 0) is 40.5 Å². The Labute approximate surface area is 157 Å². The van der Waals surface area contributed by atoms with Crippen molar-refractivity contribution in [1.82, 2.24) is 0 Å². The van der Waals surface area contributed by atoms with E-state index in [2.05, 4.69) is 21.2 Å². The zero-order valence-corrected chi connectivity index (χ0v) is 15.6. The van der Waals surface area contributed by atoms with Gasteiger partial charge >= 0.3 is 0 Å². The summed E-state index contributed by atoms with van der Waals surface area (Å²) in [5, 5.41) is 13.1. The summed E-state index contributed by atoms with van der Waals surface area (Å²) in [6.07, 6.45) is 0.796.